The van der Waals surface area contributed by atoms with E-state index >= 15 is 0 Å². The Morgan fingerprint density at radius 2 is 1.82 bits per heavy atom. The summed E-state index contributed by atoms with van der Waals surface area (Å²) in [5, 5.41) is 8.96. The van der Waals surface area contributed by atoms with Crippen LogP contribution in [0.25, 0.3) is 0 Å². The molecule has 2 unspecified atom stereocenters. The second-order valence-corrected chi connectivity index (χ2v) is 7.79. The van der Waals surface area contributed by atoms with Crippen LogP contribution in [0.2, 0.25) is 0 Å². The van der Waals surface area contributed by atoms with Gasteiger partial charge in [0.25, 0.3) is 5.91 Å². The van der Waals surface area contributed by atoms with E-state index in [1.807, 2.05) is 12.1 Å². The van der Waals surface area contributed by atoms with Crippen LogP contribution < -0.4 is 4.74 Å². The summed E-state index contributed by atoms with van der Waals surface area (Å²) in [6.45, 7) is 3.66. The quantitative estimate of drug-likeness (QED) is 0.823. The number of benzene rings is 2. The third-order valence-electron chi connectivity index (χ3n) is 5.88. The van der Waals surface area contributed by atoms with E-state index in [-0.39, 0.29) is 11.9 Å². The molecular formula is C23H25N3O2. The van der Waals surface area contributed by atoms with E-state index in [2.05, 4.69) is 28.0 Å². The molecule has 3 aliphatic heterocycles. The zero-order chi connectivity index (χ0) is 19.5. The van der Waals surface area contributed by atoms with Crippen molar-refractivity contribution >= 4 is 5.91 Å². The SMILES string of the molecule is COc1ccc(CN2CC3CCC(C2)N(C(=O)c2ccc(C#N)cc2)C3)cc1. The van der Waals surface area contributed by atoms with Crippen molar-refractivity contribution in [3.05, 3.63) is 65.2 Å². The van der Waals surface area contributed by atoms with Crippen molar-refractivity contribution in [3.63, 3.8) is 0 Å². The molecule has 3 saturated heterocycles. The second kappa shape index (κ2) is 8.04. The number of methoxy groups -OCH3 is 1. The standard InChI is InChI=1S/C23H25N3O2/c1-28-22-10-5-18(6-11-22)13-25-14-19-4-9-21(16-25)26(15-19)23(27)20-7-2-17(12-24)3-8-20/h2-3,5-8,10-11,19,21H,4,9,13-16H2,1H3. The first-order valence-corrected chi connectivity index (χ1v) is 9.82. The first-order chi connectivity index (χ1) is 13.7. The summed E-state index contributed by atoms with van der Waals surface area (Å²) in [5.74, 6) is 1.48. The smallest absolute Gasteiger partial charge is 0.254 e. The Labute approximate surface area is 166 Å². The minimum absolute atomic E-state index is 0.0884. The third kappa shape index (κ3) is 3.88. The largest absolute Gasteiger partial charge is 0.497 e. The first-order valence-electron chi connectivity index (χ1n) is 9.82. The van der Waals surface area contributed by atoms with Gasteiger partial charge in [-0.1, -0.05) is 12.1 Å². The summed E-state index contributed by atoms with van der Waals surface area (Å²) >= 11 is 0. The maximum absolute atomic E-state index is 13.1. The number of piperidine rings is 1. The van der Waals surface area contributed by atoms with Crippen LogP contribution in [0.4, 0.5) is 0 Å². The Morgan fingerprint density at radius 1 is 1.07 bits per heavy atom. The first kappa shape index (κ1) is 18.5. The molecule has 0 saturated carbocycles. The minimum atomic E-state index is 0.0884. The number of nitrogens with zero attached hydrogens (tertiary/aromatic N) is 3. The van der Waals surface area contributed by atoms with E-state index in [4.69, 9.17) is 10.00 Å². The van der Waals surface area contributed by atoms with Crippen LogP contribution in [0.3, 0.4) is 0 Å². The van der Waals surface area contributed by atoms with Gasteiger partial charge >= 0.3 is 0 Å². The molecule has 0 radical (unpaired) electrons. The Bertz CT molecular complexity index is 870. The fraction of sp³-hybridized carbons (Fsp3) is 0.391. The van der Waals surface area contributed by atoms with Crippen LogP contribution in [0.5, 0.6) is 5.75 Å². The number of hydrogen-bond acceptors (Lipinski definition) is 4. The van der Waals surface area contributed by atoms with Gasteiger partial charge in [0.2, 0.25) is 0 Å². The molecule has 0 aliphatic carbocycles. The van der Waals surface area contributed by atoms with Gasteiger partial charge in [0.1, 0.15) is 5.75 Å². The second-order valence-electron chi connectivity index (χ2n) is 7.79. The number of carbonyl (C=O) groups is 1. The predicted octanol–water partition coefficient (Wildman–Crippen LogP) is 3.30. The molecule has 28 heavy (non-hydrogen) atoms. The Balaban J connectivity index is 1.46. The zero-order valence-electron chi connectivity index (χ0n) is 16.2. The Hall–Kier alpha value is -2.84. The summed E-state index contributed by atoms with van der Waals surface area (Å²) in [5.41, 5.74) is 2.53. The Kier molecular flexibility index (Phi) is 5.31. The van der Waals surface area contributed by atoms with E-state index < -0.39 is 0 Å². The number of hydrogen-bond donors (Lipinski definition) is 0. The summed E-state index contributed by atoms with van der Waals surface area (Å²) in [7, 11) is 1.68. The van der Waals surface area contributed by atoms with Gasteiger partial charge in [0, 0.05) is 37.8 Å². The summed E-state index contributed by atoms with van der Waals surface area (Å²) in [6.07, 6.45) is 2.24. The highest BCUT2D eigenvalue weighted by atomic mass is 16.5. The van der Waals surface area contributed by atoms with Gasteiger partial charge in [-0.3, -0.25) is 9.69 Å². The number of nitriles is 1. The lowest BCUT2D eigenvalue weighted by atomic mass is 9.94. The molecule has 2 atom stereocenters. The van der Waals surface area contributed by atoms with E-state index in [1.54, 1.807) is 31.4 Å². The van der Waals surface area contributed by atoms with Crippen LogP contribution >= 0.6 is 0 Å². The molecule has 2 bridgehead atoms. The van der Waals surface area contributed by atoms with Crippen molar-refractivity contribution < 1.29 is 9.53 Å². The van der Waals surface area contributed by atoms with Crippen molar-refractivity contribution in [3.8, 4) is 11.8 Å². The molecule has 3 aliphatic rings. The monoisotopic (exact) mass is 375 g/mol. The number of rotatable bonds is 4. The van der Waals surface area contributed by atoms with E-state index in [0.29, 0.717) is 17.0 Å². The molecular weight excluding hydrogens is 350 g/mol. The lowest BCUT2D eigenvalue weighted by molar-refractivity contribution is 0.0585. The van der Waals surface area contributed by atoms with Gasteiger partial charge < -0.3 is 9.64 Å². The van der Waals surface area contributed by atoms with Crippen molar-refractivity contribution in [2.75, 3.05) is 26.7 Å². The predicted molar refractivity (Wildman–Crippen MR) is 107 cm³/mol. The zero-order valence-corrected chi connectivity index (χ0v) is 16.2. The molecule has 5 rings (SSSR count). The van der Waals surface area contributed by atoms with E-state index in [0.717, 1.165) is 38.3 Å². The van der Waals surface area contributed by atoms with Crippen molar-refractivity contribution in [1.29, 1.82) is 5.26 Å². The number of amides is 1. The maximum Gasteiger partial charge on any atom is 0.254 e. The third-order valence-corrected chi connectivity index (χ3v) is 5.88. The lowest BCUT2D eigenvalue weighted by Gasteiger charge is -2.36. The average Bonchev–Trinajstić information content (AvgIpc) is 3.04. The maximum atomic E-state index is 13.1. The number of fused-ring (bicyclic) bond motifs is 4. The highest BCUT2D eigenvalue weighted by Gasteiger charge is 2.37. The molecule has 3 fully saturated rings. The normalized spacial score (nSPS) is 21.8. The summed E-state index contributed by atoms with van der Waals surface area (Å²) in [6, 6.07) is 17.6. The van der Waals surface area contributed by atoms with Gasteiger partial charge in [0.15, 0.2) is 0 Å². The van der Waals surface area contributed by atoms with Crippen molar-refractivity contribution in [2.24, 2.45) is 5.92 Å². The van der Waals surface area contributed by atoms with Crippen LogP contribution in [0.1, 0.15) is 34.3 Å². The van der Waals surface area contributed by atoms with Gasteiger partial charge in [-0.2, -0.15) is 5.26 Å². The van der Waals surface area contributed by atoms with Gasteiger partial charge in [-0.05, 0) is 60.7 Å². The van der Waals surface area contributed by atoms with Crippen molar-refractivity contribution in [2.45, 2.75) is 25.4 Å². The molecule has 144 valence electrons. The van der Waals surface area contributed by atoms with Crippen LogP contribution in [-0.4, -0.2) is 48.5 Å². The van der Waals surface area contributed by atoms with Gasteiger partial charge in [0.05, 0.1) is 18.7 Å². The minimum Gasteiger partial charge on any atom is -0.497 e. The molecule has 5 nitrogen and oxygen atoms in total. The molecule has 3 heterocycles. The Morgan fingerprint density at radius 3 is 2.50 bits per heavy atom. The van der Waals surface area contributed by atoms with Crippen molar-refractivity contribution in [1.82, 2.24) is 9.80 Å². The van der Waals surface area contributed by atoms with Crippen LogP contribution in [0, 0.1) is 17.2 Å². The molecule has 2 aromatic rings. The highest BCUT2D eigenvalue weighted by molar-refractivity contribution is 5.94. The fourth-order valence-electron chi connectivity index (χ4n) is 4.40. The fourth-order valence-corrected chi connectivity index (χ4v) is 4.40. The molecule has 5 heteroatoms. The molecule has 0 aromatic heterocycles. The van der Waals surface area contributed by atoms with Crippen LogP contribution in [0.15, 0.2) is 48.5 Å². The topological polar surface area (TPSA) is 56.6 Å². The number of carbonyl (C=O) groups excluding carboxylic acids is 1. The molecule has 0 spiro atoms. The average molecular weight is 375 g/mol. The molecule has 2 aromatic carbocycles. The number of ether oxygens (including phenoxy) is 1. The summed E-state index contributed by atoms with van der Waals surface area (Å²) in [4.78, 5) is 17.6. The van der Waals surface area contributed by atoms with E-state index in [1.165, 1.54) is 12.0 Å². The molecule has 1 amide bonds. The van der Waals surface area contributed by atoms with E-state index in [9.17, 15) is 4.79 Å². The summed E-state index contributed by atoms with van der Waals surface area (Å²) < 4.78 is 5.24. The highest BCUT2D eigenvalue weighted by Crippen LogP contribution is 2.30. The van der Waals surface area contributed by atoms with Gasteiger partial charge in [-0.15, -0.1) is 0 Å². The lowest BCUT2D eigenvalue weighted by Crippen LogP contribution is -2.47. The van der Waals surface area contributed by atoms with Gasteiger partial charge in [-0.25, -0.2) is 0 Å². The van der Waals surface area contributed by atoms with Crippen LogP contribution in [-0.2, 0) is 6.54 Å². The molecule has 0 N–H and O–H groups in total.